The fraction of sp³-hybridized carbons (Fsp3) is 0.920. The summed E-state index contributed by atoms with van der Waals surface area (Å²) < 4.78 is 17.7. The maximum atomic E-state index is 13.5. The first kappa shape index (κ1) is 82.2. The normalized spacial score (nSPS) is 18.3. The van der Waals surface area contributed by atoms with Crippen LogP contribution in [-0.2, 0) is 23.8 Å². The summed E-state index contributed by atoms with van der Waals surface area (Å²) in [6.07, 6.45) is 66.6. The molecule has 1 aliphatic rings. The molecule has 0 radical (unpaired) electrons. The molecule has 0 aromatic heterocycles. The highest BCUT2D eigenvalue weighted by molar-refractivity contribution is 5.80. The van der Waals surface area contributed by atoms with Gasteiger partial charge in [0.15, 0.2) is 12.4 Å². The Balaban J connectivity index is 2.53. The van der Waals surface area contributed by atoms with Crippen molar-refractivity contribution in [3.05, 3.63) is 24.3 Å². The second-order valence-corrected chi connectivity index (χ2v) is 26.4. The minimum Gasteiger partial charge on any atom is -0.454 e. The zero-order chi connectivity index (χ0) is 62.4. The fourth-order valence-electron chi connectivity index (χ4n) is 12.2. The van der Waals surface area contributed by atoms with E-state index >= 15 is 0 Å². The van der Waals surface area contributed by atoms with Crippen LogP contribution in [-0.4, -0.2) is 99.6 Å². The van der Waals surface area contributed by atoms with E-state index in [9.17, 15) is 35.1 Å². The molecule has 8 unspecified atom stereocenters. The van der Waals surface area contributed by atoms with Crippen LogP contribution in [0.25, 0.3) is 0 Å². The molecular formula is C75H143NO10. The zero-order valence-corrected chi connectivity index (χ0v) is 56.7. The highest BCUT2D eigenvalue weighted by atomic mass is 16.7. The number of aliphatic hydroxyl groups excluding tert-OH is 5. The summed E-state index contributed by atoms with van der Waals surface area (Å²) in [4.78, 5) is 26.7. The molecular weight excluding hydrogens is 1070 g/mol. The SMILES string of the molecule is CCCCCCCC/C=C/CCCCCCCCCCCCCCC(O)C(=O)NC(COC1OC(CO)C(O)C(O)C1OC(=O)CCCCCCCCCCCCCCCCCCCCCCCCC)C(O)/C=C/CCCCCCCCCCCC. The second-order valence-electron chi connectivity index (χ2n) is 26.4. The maximum Gasteiger partial charge on any atom is 0.306 e. The molecule has 1 fully saturated rings. The molecule has 0 bridgehead atoms. The number of allylic oxidation sites excluding steroid dienone is 3. The lowest BCUT2D eigenvalue weighted by Crippen LogP contribution is -2.61. The van der Waals surface area contributed by atoms with Crippen molar-refractivity contribution < 1.29 is 49.3 Å². The number of unbranched alkanes of at least 4 members (excludes halogenated alkanes) is 50. The van der Waals surface area contributed by atoms with E-state index in [0.29, 0.717) is 19.3 Å². The summed E-state index contributed by atoms with van der Waals surface area (Å²) in [5.41, 5.74) is 0. The number of hydrogen-bond donors (Lipinski definition) is 6. The quantitative estimate of drug-likeness (QED) is 0.0195. The minimum absolute atomic E-state index is 0.131. The fourth-order valence-corrected chi connectivity index (χ4v) is 12.2. The zero-order valence-electron chi connectivity index (χ0n) is 56.7. The van der Waals surface area contributed by atoms with Crippen LogP contribution in [0.1, 0.15) is 380 Å². The lowest BCUT2D eigenvalue weighted by Gasteiger charge is -2.41. The number of hydrogen-bond acceptors (Lipinski definition) is 10. The maximum absolute atomic E-state index is 13.5. The Morgan fingerprint density at radius 2 is 0.767 bits per heavy atom. The van der Waals surface area contributed by atoms with Crippen LogP contribution in [0, 0.1) is 0 Å². The van der Waals surface area contributed by atoms with E-state index in [1.54, 1.807) is 6.08 Å². The molecule has 1 heterocycles. The second kappa shape index (κ2) is 63.3. The first-order valence-corrected chi connectivity index (χ1v) is 37.6. The van der Waals surface area contributed by atoms with Crippen molar-refractivity contribution in [3.8, 4) is 0 Å². The average Bonchev–Trinajstić information content (AvgIpc) is 3.59. The van der Waals surface area contributed by atoms with E-state index in [1.165, 1.54) is 276 Å². The van der Waals surface area contributed by atoms with Crippen molar-refractivity contribution in [2.24, 2.45) is 0 Å². The van der Waals surface area contributed by atoms with Crippen LogP contribution in [0.5, 0.6) is 0 Å². The van der Waals surface area contributed by atoms with Crippen molar-refractivity contribution in [1.82, 2.24) is 5.32 Å². The van der Waals surface area contributed by atoms with Gasteiger partial charge in [0.2, 0.25) is 5.91 Å². The number of ether oxygens (including phenoxy) is 3. The van der Waals surface area contributed by atoms with Gasteiger partial charge in [0.1, 0.15) is 24.4 Å². The highest BCUT2D eigenvalue weighted by Gasteiger charge is 2.47. The predicted molar refractivity (Wildman–Crippen MR) is 361 cm³/mol. The average molecular weight is 1220 g/mol. The lowest BCUT2D eigenvalue weighted by atomic mass is 9.99. The van der Waals surface area contributed by atoms with Crippen molar-refractivity contribution in [2.75, 3.05) is 13.2 Å². The summed E-state index contributed by atoms with van der Waals surface area (Å²) in [6, 6.07) is -1.02. The van der Waals surface area contributed by atoms with Crippen LogP contribution in [0.15, 0.2) is 24.3 Å². The number of carbonyl (C=O) groups excluding carboxylic acids is 2. The molecule has 0 aliphatic carbocycles. The van der Waals surface area contributed by atoms with Gasteiger partial charge in [0, 0.05) is 6.42 Å². The number of esters is 1. The summed E-state index contributed by atoms with van der Waals surface area (Å²) in [6.45, 7) is 5.86. The third-order valence-electron chi connectivity index (χ3n) is 18.1. The highest BCUT2D eigenvalue weighted by Crippen LogP contribution is 2.27. The summed E-state index contributed by atoms with van der Waals surface area (Å²) >= 11 is 0. The van der Waals surface area contributed by atoms with Crippen LogP contribution in [0.4, 0.5) is 0 Å². The monoisotopic (exact) mass is 1220 g/mol. The molecule has 0 spiro atoms. The molecule has 1 amide bonds. The van der Waals surface area contributed by atoms with Gasteiger partial charge in [0.25, 0.3) is 0 Å². The summed E-state index contributed by atoms with van der Waals surface area (Å²) in [5, 5.41) is 57.3. The lowest BCUT2D eigenvalue weighted by molar-refractivity contribution is -0.305. The molecule has 0 aromatic rings. The molecule has 1 aliphatic heterocycles. The molecule has 0 aromatic carbocycles. The van der Waals surface area contributed by atoms with E-state index in [2.05, 4.69) is 38.2 Å². The first-order valence-electron chi connectivity index (χ1n) is 37.6. The molecule has 86 heavy (non-hydrogen) atoms. The number of rotatable bonds is 66. The Morgan fingerprint density at radius 1 is 0.442 bits per heavy atom. The molecule has 1 rings (SSSR count). The minimum atomic E-state index is -1.61. The van der Waals surface area contributed by atoms with Crippen molar-refractivity contribution in [1.29, 1.82) is 0 Å². The Labute approximate surface area is 531 Å². The van der Waals surface area contributed by atoms with E-state index in [1.807, 2.05) is 6.08 Å². The molecule has 11 heteroatoms. The van der Waals surface area contributed by atoms with Gasteiger partial charge in [-0.25, -0.2) is 0 Å². The molecule has 8 atom stereocenters. The van der Waals surface area contributed by atoms with E-state index in [-0.39, 0.29) is 13.0 Å². The van der Waals surface area contributed by atoms with Crippen LogP contribution in [0.3, 0.4) is 0 Å². The van der Waals surface area contributed by atoms with Gasteiger partial charge in [-0.2, -0.15) is 0 Å². The van der Waals surface area contributed by atoms with Gasteiger partial charge in [0.05, 0.1) is 25.4 Å². The standard InChI is InChI=1S/C75H143NO10/c1-4-7-10-13-16-19-22-25-27-29-31-33-35-37-39-41-43-45-48-51-54-57-60-63-70(80)86-73-72(82)71(81)69(64-77)85-75(73)84-65-66(67(78)61-58-55-52-49-46-24-21-18-15-12-9-6-3)76-74(83)68(79)62-59-56-53-50-47-44-42-40-38-36-34-32-30-28-26-23-20-17-14-11-8-5-2/h26,28,58,61,66-69,71-73,75,77-79,81-82H,4-25,27,29-57,59-60,62-65H2,1-3H3,(H,76,83)/b28-26+,61-58+. The molecule has 508 valence electrons. The van der Waals surface area contributed by atoms with E-state index in [4.69, 9.17) is 14.2 Å². The van der Waals surface area contributed by atoms with Crippen LogP contribution >= 0.6 is 0 Å². The van der Waals surface area contributed by atoms with Crippen LogP contribution < -0.4 is 5.32 Å². The Kier molecular flexibility index (Phi) is 60.5. The molecule has 11 nitrogen and oxygen atoms in total. The molecule has 1 saturated heterocycles. The van der Waals surface area contributed by atoms with Gasteiger partial charge < -0.3 is 45.1 Å². The number of aliphatic hydroxyl groups is 5. The number of nitrogens with one attached hydrogen (secondary N) is 1. The van der Waals surface area contributed by atoms with Crippen molar-refractivity contribution >= 4 is 11.9 Å². The number of carbonyl (C=O) groups is 2. The van der Waals surface area contributed by atoms with Gasteiger partial charge in [-0.15, -0.1) is 0 Å². The molecule has 6 N–H and O–H groups in total. The molecule has 0 saturated carbocycles. The largest absolute Gasteiger partial charge is 0.454 e. The predicted octanol–water partition coefficient (Wildman–Crippen LogP) is 19.6. The van der Waals surface area contributed by atoms with Gasteiger partial charge in [-0.1, -0.05) is 347 Å². The van der Waals surface area contributed by atoms with Gasteiger partial charge in [-0.05, 0) is 51.4 Å². The van der Waals surface area contributed by atoms with Crippen molar-refractivity contribution in [2.45, 2.75) is 429 Å². The first-order chi connectivity index (χ1) is 42.2. The number of amides is 1. The van der Waals surface area contributed by atoms with E-state index in [0.717, 1.165) is 57.8 Å². The Hall–Kier alpha value is -1.86. The summed E-state index contributed by atoms with van der Waals surface area (Å²) in [5.74, 6) is -1.17. The smallest absolute Gasteiger partial charge is 0.306 e. The van der Waals surface area contributed by atoms with E-state index < -0.39 is 67.4 Å². The van der Waals surface area contributed by atoms with Crippen molar-refractivity contribution in [3.63, 3.8) is 0 Å². The van der Waals surface area contributed by atoms with Gasteiger partial charge >= 0.3 is 5.97 Å². The summed E-state index contributed by atoms with van der Waals surface area (Å²) in [7, 11) is 0. The Morgan fingerprint density at radius 3 is 1.13 bits per heavy atom. The van der Waals surface area contributed by atoms with Crippen LogP contribution in [0.2, 0.25) is 0 Å². The third-order valence-corrected chi connectivity index (χ3v) is 18.1. The topological polar surface area (TPSA) is 175 Å². The third kappa shape index (κ3) is 49.9. The van der Waals surface area contributed by atoms with Gasteiger partial charge in [-0.3, -0.25) is 9.59 Å². The Bertz CT molecular complexity index is 1500.